The molecule has 1 aromatic heterocycles. The predicted molar refractivity (Wildman–Crippen MR) is 84.6 cm³/mol. The molecule has 0 atom stereocenters. The summed E-state index contributed by atoms with van der Waals surface area (Å²) in [7, 11) is 0. The molecule has 1 aromatic carbocycles. The minimum absolute atomic E-state index is 0.350. The summed E-state index contributed by atoms with van der Waals surface area (Å²) in [6, 6.07) is 7.82. The third kappa shape index (κ3) is 3.87. The Balaban J connectivity index is 2.17. The van der Waals surface area contributed by atoms with Crippen LogP contribution in [-0.4, -0.2) is 12.6 Å². The van der Waals surface area contributed by atoms with Gasteiger partial charge in [0, 0.05) is 10.9 Å². The molecule has 0 aliphatic rings. The molecule has 0 radical (unpaired) electrons. The smallest absolute Gasteiger partial charge is 0.374 e. The first-order valence-corrected chi connectivity index (χ1v) is 7.95. The van der Waals surface area contributed by atoms with Crippen molar-refractivity contribution in [1.29, 1.82) is 0 Å². The number of fused-ring (bicyclic) bond motifs is 1. The summed E-state index contributed by atoms with van der Waals surface area (Å²) < 4.78 is 10.8. The van der Waals surface area contributed by atoms with Crippen LogP contribution in [0.3, 0.4) is 0 Å². The predicted octanol–water partition coefficient (Wildman–Crippen LogP) is 5.12. The SMILES string of the molecule is CCCCCCCc1c(C(=O)OCC)oc2ccccc12. The van der Waals surface area contributed by atoms with Gasteiger partial charge in [-0.1, -0.05) is 50.8 Å². The van der Waals surface area contributed by atoms with Crippen molar-refractivity contribution in [3.8, 4) is 0 Å². The first-order chi connectivity index (χ1) is 10.3. The summed E-state index contributed by atoms with van der Waals surface area (Å²) >= 11 is 0. The highest BCUT2D eigenvalue weighted by Gasteiger charge is 2.20. The zero-order chi connectivity index (χ0) is 15.1. The van der Waals surface area contributed by atoms with Gasteiger partial charge in [0.2, 0.25) is 5.76 Å². The number of hydrogen-bond acceptors (Lipinski definition) is 3. The van der Waals surface area contributed by atoms with Crippen LogP contribution in [0.4, 0.5) is 0 Å². The van der Waals surface area contributed by atoms with E-state index in [4.69, 9.17) is 9.15 Å². The topological polar surface area (TPSA) is 39.4 Å². The van der Waals surface area contributed by atoms with E-state index in [1.165, 1.54) is 25.7 Å². The molecular weight excluding hydrogens is 264 g/mol. The number of furan rings is 1. The molecule has 0 aliphatic heterocycles. The van der Waals surface area contributed by atoms with Crippen LogP contribution in [0.5, 0.6) is 0 Å². The molecule has 0 aliphatic carbocycles. The molecule has 0 saturated heterocycles. The van der Waals surface area contributed by atoms with Crippen LogP contribution in [0.1, 0.15) is 62.1 Å². The Labute approximate surface area is 126 Å². The monoisotopic (exact) mass is 288 g/mol. The Morgan fingerprint density at radius 3 is 2.62 bits per heavy atom. The first kappa shape index (κ1) is 15.6. The quantitative estimate of drug-likeness (QED) is 0.500. The maximum Gasteiger partial charge on any atom is 0.374 e. The normalized spacial score (nSPS) is 11.0. The summed E-state index contributed by atoms with van der Waals surface area (Å²) in [5.41, 5.74) is 1.77. The fourth-order valence-electron chi connectivity index (χ4n) is 2.61. The zero-order valence-electron chi connectivity index (χ0n) is 13.0. The van der Waals surface area contributed by atoms with Crippen LogP contribution in [0.2, 0.25) is 0 Å². The van der Waals surface area contributed by atoms with Crippen LogP contribution in [0.15, 0.2) is 28.7 Å². The maximum atomic E-state index is 12.1. The Kier molecular flexibility index (Phi) is 5.85. The average Bonchev–Trinajstić information content (AvgIpc) is 2.86. The van der Waals surface area contributed by atoms with Crippen molar-refractivity contribution in [3.63, 3.8) is 0 Å². The lowest BCUT2D eigenvalue weighted by Gasteiger charge is -2.03. The van der Waals surface area contributed by atoms with Crippen molar-refractivity contribution in [2.75, 3.05) is 6.61 Å². The highest BCUT2D eigenvalue weighted by atomic mass is 16.5. The molecule has 0 saturated carbocycles. The number of carbonyl (C=O) groups is 1. The van der Waals surface area contributed by atoms with Crippen LogP contribution in [-0.2, 0) is 11.2 Å². The first-order valence-electron chi connectivity index (χ1n) is 7.95. The van der Waals surface area contributed by atoms with Crippen LogP contribution >= 0.6 is 0 Å². The number of esters is 1. The Hall–Kier alpha value is -1.77. The third-order valence-electron chi connectivity index (χ3n) is 3.69. The number of benzene rings is 1. The second kappa shape index (κ2) is 7.87. The van der Waals surface area contributed by atoms with Crippen molar-refractivity contribution >= 4 is 16.9 Å². The van der Waals surface area contributed by atoms with Crippen LogP contribution in [0, 0.1) is 0 Å². The van der Waals surface area contributed by atoms with E-state index in [1.807, 2.05) is 31.2 Å². The van der Waals surface area contributed by atoms with Crippen LogP contribution < -0.4 is 0 Å². The summed E-state index contributed by atoms with van der Waals surface area (Å²) in [4.78, 5) is 12.1. The van der Waals surface area contributed by atoms with E-state index in [1.54, 1.807) is 0 Å². The summed E-state index contributed by atoms with van der Waals surface area (Å²) in [5.74, 6) is 0.0331. The van der Waals surface area contributed by atoms with Gasteiger partial charge in [-0.15, -0.1) is 0 Å². The minimum atomic E-state index is -0.350. The highest BCUT2D eigenvalue weighted by Crippen LogP contribution is 2.28. The molecule has 0 unspecified atom stereocenters. The lowest BCUT2D eigenvalue weighted by atomic mass is 10.0. The van der Waals surface area contributed by atoms with Crippen molar-refractivity contribution in [2.45, 2.75) is 52.4 Å². The number of aryl methyl sites for hydroxylation is 1. The largest absolute Gasteiger partial charge is 0.460 e. The highest BCUT2D eigenvalue weighted by molar-refractivity contribution is 5.96. The van der Waals surface area contributed by atoms with E-state index in [9.17, 15) is 4.79 Å². The average molecular weight is 288 g/mol. The van der Waals surface area contributed by atoms with Gasteiger partial charge in [0.1, 0.15) is 5.58 Å². The van der Waals surface area contributed by atoms with Crippen LogP contribution in [0.25, 0.3) is 11.0 Å². The number of unbranched alkanes of at least 4 members (excludes halogenated alkanes) is 4. The number of ether oxygens (including phenoxy) is 1. The Bertz CT molecular complexity index is 583. The van der Waals surface area contributed by atoms with Crippen molar-refractivity contribution in [3.05, 3.63) is 35.6 Å². The Morgan fingerprint density at radius 2 is 1.86 bits per heavy atom. The van der Waals surface area contributed by atoms with Crippen molar-refractivity contribution < 1.29 is 13.9 Å². The zero-order valence-corrected chi connectivity index (χ0v) is 13.0. The molecule has 1 heterocycles. The lowest BCUT2D eigenvalue weighted by Crippen LogP contribution is -2.06. The number of carbonyl (C=O) groups excluding carboxylic acids is 1. The number of rotatable bonds is 8. The Morgan fingerprint density at radius 1 is 1.10 bits per heavy atom. The fraction of sp³-hybridized carbons (Fsp3) is 0.500. The van der Waals surface area contributed by atoms with Gasteiger partial charge < -0.3 is 9.15 Å². The van der Waals surface area contributed by atoms with E-state index in [0.717, 1.165) is 29.4 Å². The fourth-order valence-corrected chi connectivity index (χ4v) is 2.61. The van der Waals surface area contributed by atoms with Gasteiger partial charge in [0.05, 0.1) is 6.61 Å². The summed E-state index contributed by atoms with van der Waals surface area (Å²) in [5, 5.41) is 1.04. The van der Waals surface area contributed by atoms with Gasteiger partial charge in [-0.2, -0.15) is 0 Å². The van der Waals surface area contributed by atoms with Gasteiger partial charge in [0.25, 0.3) is 0 Å². The summed E-state index contributed by atoms with van der Waals surface area (Å²) in [6.07, 6.45) is 6.90. The molecular formula is C18H24O3. The second-order valence-electron chi connectivity index (χ2n) is 5.29. The molecule has 3 nitrogen and oxygen atoms in total. The molecule has 0 fully saturated rings. The van der Waals surface area contributed by atoms with Gasteiger partial charge >= 0.3 is 5.97 Å². The van der Waals surface area contributed by atoms with Crippen molar-refractivity contribution in [2.24, 2.45) is 0 Å². The molecule has 0 bridgehead atoms. The van der Waals surface area contributed by atoms with Gasteiger partial charge in [-0.3, -0.25) is 0 Å². The minimum Gasteiger partial charge on any atom is -0.460 e. The molecule has 2 aromatic rings. The lowest BCUT2D eigenvalue weighted by molar-refractivity contribution is 0.0491. The second-order valence-corrected chi connectivity index (χ2v) is 5.29. The van der Waals surface area contributed by atoms with E-state index in [2.05, 4.69) is 6.92 Å². The maximum absolute atomic E-state index is 12.1. The van der Waals surface area contributed by atoms with Gasteiger partial charge in [-0.05, 0) is 25.8 Å². The molecule has 21 heavy (non-hydrogen) atoms. The van der Waals surface area contributed by atoms with E-state index < -0.39 is 0 Å². The summed E-state index contributed by atoms with van der Waals surface area (Å²) in [6.45, 7) is 4.39. The molecule has 2 rings (SSSR count). The number of para-hydroxylation sites is 1. The standard InChI is InChI=1S/C18H24O3/c1-3-5-6-7-8-12-15-14-11-9-10-13-16(14)21-17(15)18(19)20-4-2/h9-11,13H,3-8,12H2,1-2H3. The van der Waals surface area contributed by atoms with E-state index in [0.29, 0.717) is 12.4 Å². The molecule has 0 N–H and O–H groups in total. The molecule has 0 amide bonds. The van der Waals surface area contributed by atoms with Gasteiger partial charge in [-0.25, -0.2) is 4.79 Å². The molecule has 0 spiro atoms. The molecule has 3 heteroatoms. The third-order valence-corrected chi connectivity index (χ3v) is 3.69. The number of hydrogen-bond donors (Lipinski definition) is 0. The van der Waals surface area contributed by atoms with E-state index in [-0.39, 0.29) is 5.97 Å². The van der Waals surface area contributed by atoms with E-state index >= 15 is 0 Å². The molecule has 114 valence electrons. The van der Waals surface area contributed by atoms with Gasteiger partial charge in [0.15, 0.2) is 0 Å². The van der Waals surface area contributed by atoms with Crippen molar-refractivity contribution in [1.82, 2.24) is 0 Å².